The molecule has 0 unspecified atom stereocenters. The van der Waals surface area contributed by atoms with E-state index in [1.165, 1.54) is 48.5 Å². The third-order valence-corrected chi connectivity index (χ3v) is 5.11. The fourth-order valence-corrected chi connectivity index (χ4v) is 3.67. The van der Waals surface area contributed by atoms with Crippen LogP contribution in [0.4, 0.5) is 23.2 Å². The van der Waals surface area contributed by atoms with E-state index in [1.807, 2.05) is 19.9 Å². The maximum atomic E-state index is 13.4. The molecule has 3 nitrogen and oxygen atoms in total. The minimum absolute atomic E-state index is 0.179. The normalized spacial score (nSPS) is 11.6. The van der Waals surface area contributed by atoms with Crippen molar-refractivity contribution >= 4 is 22.5 Å². The standard InChI is InChI=1S/C25H18F4N2O/c1-14-11-15(2)23-18(12-14)19(13-22(30-23)16-7-9-17(26)10-8-16)24(32)31-21-6-4-3-5-20(21)25(27,28)29/h3-13H,1-2H3,(H,31,32). The van der Waals surface area contributed by atoms with E-state index in [0.29, 0.717) is 22.2 Å². The van der Waals surface area contributed by atoms with Gasteiger partial charge in [0.25, 0.3) is 5.91 Å². The third kappa shape index (κ3) is 4.19. The molecule has 0 atom stereocenters. The minimum Gasteiger partial charge on any atom is -0.321 e. The highest BCUT2D eigenvalue weighted by Crippen LogP contribution is 2.35. The van der Waals surface area contributed by atoms with Gasteiger partial charge in [0.1, 0.15) is 5.82 Å². The number of pyridine rings is 1. The van der Waals surface area contributed by atoms with Crippen molar-refractivity contribution in [2.24, 2.45) is 0 Å². The summed E-state index contributed by atoms with van der Waals surface area (Å²) in [5, 5.41) is 2.93. The minimum atomic E-state index is -4.61. The highest BCUT2D eigenvalue weighted by atomic mass is 19.4. The van der Waals surface area contributed by atoms with Gasteiger partial charge in [0.15, 0.2) is 0 Å². The first-order valence-corrected chi connectivity index (χ1v) is 9.79. The van der Waals surface area contributed by atoms with Crippen molar-refractivity contribution in [1.82, 2.24) is 4.98 Å². The molecule has 162 valence electrons. The number of alkyl halides is 3. The number of fused-ring (bicyclic) bond motifs is 1. The van der Waals surface area contributed by atoms with Crippen molar-refractivity contribution in [2.75, 3.05) is 5.32 Å². The average Bonchev–Trinajstić information content (AvgIpc) is 2.73. The van der Waals surface area contributed by atoms with E-state index >= 15 is 0 Å². The summed E-state index contributed by atoms with van der Waals surface area (Å²) < 4.78 is 53.5. The van der Waals surface area contributed by atoms with Crippen LogP contribution in [-0.2, 0) is 6.18 Å². The van der Waals surface area contributed by atoms with Crippen LogP contribution in [0.15, 0.2) is 66.7 Å². The maximum Gasteiger partial charge on any atom is 0.418 e. The van der Waals surface area contributed by atoms with Crippen molar-refractivity contribution in [3.8, 4) is 11.3 Å². The number of carbonyl (C=O) groups excluding carboxylic acids is 1. The van der Waals surface area contributed by atoms with Crippen molar-refractivity contribution in [3.63, 3.8) is 0 Å². The second-order valence-corrected chi connectivity index (χ2v) is 7.54. The molecule has 4 rings (SSSR count). The van der Waals surface area contributed by atoms with Crippen LogP contribution in [0.2, 0.25) is 0 Å². The molecule has 7 heteroatoms. The van der Waals surface area contributed by atoms with Crippen molar-refractivity contribution < 1.29 is 22.4 Å². The summed E-state index contributed by atoms with van der Waals surface area (Å²) in [6.07, 6.45) is -4.61. The first kappa shape index (κ1) is 21.5. The monoisotopic (exact) mass is 438 g/mol. The Morgan fingerprint density at radius 3 is 2.31 bits per heavy atom. The Kier molecular flexibility index (Phi) is 5.42. The summed E-state index contributed by atoms with van der Waals surface area (Å²) >= 11 is 0. The van der Waals surface area contributed by atoms with Crippen LogP contribution in [0.3, 0.4) is 0 Å². The number of nitrogens with zero attached hydrogens (tertiary/aromatic N) is 1. The van der Waals surface area contributed by atoms with Crippen LogP contribution in [0.25, 0.3) is 22.2 Å². The molecule has 0 bridgehead atoms. The summed E-state index contributed by atoms with van der Waals surface area (Å²) in [5.41, 5.74) is 2.16. The molecule has 1 heterocycles. The Labute approximate surface area is 181 Å². The van der Waals surface area contributed by atoms with Crippen molar-refractivity contribution in [2.45, 2.75) is 20.0 Å². The number of rotatable bonds is 3. The Bertz CT molecular complexity index is 1330. The molecule has 1 aromatic heterocycles. The van der Waals surface area contributed by atoms with Gasteiger partial charge in [-0.2, -0.15) is 13.2 Å². The summed E-state index contributed by atoms with van der Waals surface area (Å²) in [6.45, 7) is 3.71. The molecule has 0 aliphatic heterocycles. The molecule has 0 radical (unpaired) electrons. The van der Waals surface area contributed by atoms with Crippen molar-refractivity contribution in [1.29, 1.82) is 0 Å². The molecule has 0 aliphatic carbocycles. The number of nitrogens with one attached hydrogen (secondary N) is 1. The van der Waals surface area contributed by atoms with Crippen molar-refractivity contribution in [3.05, 3.63) is 94.8 Å². The zero-order chi connectivity index (χ0) is 23.0. The lowest BCUT2D eigenvalue weighted by Crippen LogP contribution is -2.17. The Hall–Kier alpha value is -3.74. The predicted octanol–water partition coefficient (Wildman–Crippen LogP) is 6.93. The van der Waals surface area contributed by atoms with Crippen LogP contribution in [0.1, 0.15) is 27.0 Å². The number of para-hydroxylation sites is 1. The second-order valence-electron chi connectivity index (χ2n) is 7.54. The number of halogens is 4. The fraction of sp³-hybridized carbons (Fsp3) is 0.120. The number of aromatic nitrogens is 1. The van der Waals surface area contributed by atoms with E-state index in [2.05, 4.69) is 10.3 Å². The smallest absolute Gasteiger partial charge is 0.321 e. The van der Waals surface area contributed by atoms with E-state index in [1.54, 1.807) is 6.07 Å². The van der Waals surface area contributed by atoms with Crippen LogP contribution >= 0.6 is 0 Å². The molecule has 1 N–H and O–H groups in total. The van der Waals surface area contributed by atoms with Gasteiger partial charge in [0.05, 0.1) is 28.0 Å². The van der Waals surface area contributed by atoms with E-state index < -0.39 is 23.5 Å². The van der Waals surface area contributed by atoms with Crippen LogP contribution in [-0.4, -0.2) is 10.9 Å². The van der Waals surface area contributed by atoms with Gasteiger partial charge in [0.2, 0.25) is 0 Å². The highest BCUT2D eigenvalue weighted by molar-refractivity contribution is 6.13. The largest absolute Gasteiger partial charge is 0.418 e. The van der Waals surface area contributed by atoms with E-state index in [4.69, 9.17) is 0 Å². The van der Waals surface area contributed by atoms with Crippen LogP contribution in [0.5, 0.6) is 0 Å². The molecule has 0 saturated carbocycles. The predicted molar refractivity (Wildman–Crippen MR) is 116 cm³/mol. The number of amides is 1. The SMILES string of the molecule is Cc1cc(C)c2nc(-c3ccc(F)cc3)cc(C(=O)Nc3ccccc3C(F)(F)F)c2c1. The maximum absolute atomic E-state index is 13.4. The highest BCUT2D eigenvalue weighted by Gasteiger charge is 2.33. The number of anilines is 1. The van der Waals surface area contributed by atoms with Gasteiger partial charge in [-0.25, -0.2) is 9.37 Å². The number of benzene rings is 3. The molecule has 0 spiro atoms. The topological polar surface area (TPSA) is 42.0 Å². The summed E-state index contributed by atoms with van der Waals surface area (Å²) in [4.78, 5) is 17.8. The van der Waals surface area contributed by atoms with Gasteiger partial charge < -0.3 is 5.32 Å². The van der Waals surface area contributed by atoms with Gasteiger partial charge in [0, 0.05) is 10.9 Å². The van der Waals surface area contributed by atoms with Crippen LogP contribution < -0.4 is 5.32 Å². The lowest BCUT2D eigenvalue weighted by molar-refractivity contribution is -0.136. The third-order valence-electron chi connectivity index (χ3n) is 5.11. The Morgan fingerprint density at radius 1 is 0.938 bits per heavy atom. The molecular weight excluding hydrogens is 420 g/mol. The molecule has 3 aromatic carbocycles. The molecule has 0 saturated heterocycles. The second kappa shape index (κ2) is 8.07. The Morgan fingerprint density at radius 2 is 1.62 bits per heavy atom. The molecule has 1 amide bonds. The van der Waals surface area contributed by atoms with E-state index in [0.717, 1.165) is 17.2 Å². The number of carbonyl (C=O) groups is 1. The zero-order valence-electron chi connectivity index (χ0n) is 17.2. The molecule has 0 aliphatic rings. The van der Waals surface area contributed by atoms with Gasteiger partial charge in [-0.05, 0) is 67.9 Å². The zero-order valence-corrected chi connectivity index (χ0v) is 17.2. The van der Waals surface area contributed by atoms with Crippen LogP contribution in [0, 0.1) is 19.7 Å². The van der Waals surface area contributed by atoms with Gasteiger partial charge in [-0.15, -0.1) is 0 Å². The van der Waals surface area contributed by atoms with E-state index in [9.17, 15) is 22.4 Å². The number of hydrogen-bond donors (Lipinski definition) is 1. The Balaban J connectivity index is 1.88. The molecular formula is C25H18F4N2O. The average molecular weight is 438 g/mol. The van der Waals surface area contributed by atoms with Gasteiger partial charge in [-0.1, -0.05) is 23.8 Å². The summed E-state index contributed by atoms with van der Waals surface area (Å²) in [5.74, 6) is -1.11. The molecule has 4 aromatic rings. The summed E-state index contributed by atoms with van der Waals surface area (Å²) in [7, 11) is 0. The molecule has 0 fully saturated rings. The lowest BCUT2D eigenvalue weighted by Gasteiger charge is -2.16. The van der Waals surface area contributed by atoms with Gasteiger partial charge >= 0.3 is 6.18 Å². The van der Waals surface area contributed by atoms with E-state index in [-0.39, 0.29) is 11.3 Å². The quantitative estimate of drug-likeness (QED) is 0.353. The lowest BCUT2D eigenvalue weighted by atomic mass is 9.99. The molecule has 32 heavy (non-hydrogen) atoms. The summed E-state index contributed by atoms with van der Waals surface area (Å²) in [6, 6.07) is 15.6. The fourth-order valence-electron chi connectivity index (χ4n) is 3.67. The number of aryl methyl sites for hydroxylation is 2. The number of hydrogen-bond acceptors (Lipinski definition) is 2. The first-order valence-electron chi connectivity index (χ1n) is 9.79. The van der Waals surface area contributed by atoms with Gasteiger partial charge in [-0.3, -0.25) is 4.79 Å². The first-order chi connectivity index (χ1) is 15.1.